The molecule has 1 amide bonds. The number of sulfonamides is 1. The van der Waals surface area contributed by atoms with E-state index >= 15 is 0 Å². The van der Waals surface area contributed by atoms with Crippen LogP contribution in [-0.2, 0) is 14.8 Å². The fraction of sp³-hybridized carbons (Fsp3) is 0.381. The molecular formula is C21H24N4O4S2. The van der Waals surface area contributed by atoms with Crippen molar-refractivity contribution in [3.05, 3.63) is 46.7 Å². The third-order valence-electron chi connectivity index (χ3n) is 5.48. The molecule has 1 aliphatic rings. The summed E-state index contributed by atoms with van der Waals surface area (Å²) in [6.07, 6.45) is 1.28. The number of rotatable bonds is 5. The Balaban J connectivity index is 1.47. The van der Waals surface area contributed by atoms with Crippen LogP contribution >= 0.6 is 11.3 Å². The number of nitrogens with one attached hydrogen (secondary N) is 1. The molecule has 31 heavy (non-hydrogen) atoms. The Morgan fingerprint density at radius 3 is 2.74 bits per heavy atom. The number of nitrogens with zero attached hydrogens (tertiary/aromatic N) is 3. The van der Waals surface area contributed by atoms with Gasteiger partial charge in [0.15, 0.2) is 0 Å². The summed E-state index contributed by atoms with van der Waals surface area (Å²) in [5.74, 6) is 0.223. The molecule has 0 saturated carbocycles. The van der Waals surface area contributed by atoms with Crippen LogP contribution in [0.5, 0.6) is 0 Å². The number of thiophene rings is 1. The maximum Gasteiger partial charge on any atom is 0.252 e. The van der Waals surface area contributed by atoms with Gasteiger partial charge in [-0.1, -0.05) is 11.2 Å². The lowest BCUT2D eigenvalue weighted by Gasteiger charge is -2.30. The van der Waals surface area contributed by atoms with Crippen molar-refractivity contribution in [2.75, 3.05) is 18.4 Å². The average Bonchev–Trinajstić information content (AvgIpc) is 3.40. The van der Waals surface area contributed by atoms with Gasteiger partial charge in [-0.25, -0.2) is 8.42 Å². The molecule has 1 saturated heterocycles. The smallest absolute Gasteiger partial charge is 0.252 e. The standard InChI is InChI=1S/C21H24N4O4S2/c1-13-6-7-18(9-14(13)2)23-21(26)16-5-4-8-25(11-16)31(27,28)19-10-17(12-30-19)20-22-15(3)29-24-20/h6-7,9-10,12,16H,4-5,8,11H2,1-3H3,(H,23,26)/t16-/m0/s1. The van der Waals surface area contributed by atoms with Crippen LogP contribution in [0.2, 0.25) is 0 Å². The summed E-state index contributed by atoms with van der Waals surface area (Å²) in [6, 6.07) is 7.31. The first-order chi connectivity index (χ1) is 14.7. The predicted octanol–water partition coefficient (Wildman–Crippen LogP) is 3.76. The molecule has 8 nitrogen and oxygen atoms in total. The van der Waals surface area contributed by atoms with Gasteiger partial charge in [0.1, 0.15) is 4.21 Å². The van der Waals surface area contributed by atoms with Crippen LogP contribution in [0.1, 0.15) is 29.9 Å². The highest BCUT2D eigenvalue weighted by atomic mass is 32.2. The summed E-state index contributed by atoms with van der Waals surface area (Å²) < 4.78 is 33.0. The minimum Gasteiger partial charge on any atom is -0.339 e. The highest BCUT2D eigenvalue weighted by Crippen LogP contribution is 2.31. The van der Waals surface area contributed by atoms with E-state index in [0.29, 0.717) is 36.7 Å². The van der Waals surface area contributed by atoms with Gasteiger partial charge in [-0.3, -0.25) is 4.79 Å². The number of carbonyl (C=O) groups is 1. The van der Waals surface area contributed by atoms with Gasteiger partial charge in [0.05, 0.1) is 5.92 Å². The summed E-state index contributed by atoms with van der Waals surface area (Å²) in [7, 11) is -3.71. The number of piperidine rings is 1. The van der Waals surface area contributed by atoms with Gasteiger partial charge in [0, 0.05) is 36.6 Å². The molecule has 0 bridgehead atoms. The monoisotopic (exact) mass is 460 g/mol. The van der Waals surface area contributed by atoms with E-state index in [2.05, 4.69) is 15.5 Å². The highest BCUT2D eigenvalue weighted by molar-refractivity contribution is 7.91. The van der Waals surface area contributed by atoms with E-state index in [1.165, 1.54) is 4.31 Å². The van der Waals surface area contributed by atoms with Crippen molar-refractivity contribution in [1.29, 1.82) is 0 Å². The number of anilines is 1. The zero-order chi connectivity index (χ0) is 22.2. The lowest BCUT2D eigenvalue weighted by Crippen LogP contribution is -2.43. The Kier molecular flexibility index (Phi) is 5.96. The molecule has 1 aliphatic heterocycles. The van der Waals surface area contributed by atoms with Crippen molar-refractivity contribution in [3.63, 3.8) is 0 Å². The van der Waals surface area contributed by atoms with Crippen molar-refractivity contribution in [1.82, 2.24) is 14.4 Å². The summed E-state index contributed by atoms with van der Waals surface area (Å²) in [4.78, 5) is 17.0. The van der Waals surface area contributed by atoms with Gasteiger partial charge in [0.25, 0.3) is 10.0 Å². The zero-order valence-electron chi connectivity index (χ0n) is 17.6. The summed E-state index contributed by atoms with van der Waals surface area (Å²) in [5.41, 5.74) is 3.57. The second-order valence-electron chi connectivity index (χ2n) is 7.78. The van der Waals surface area contributed by atoms with Crippen LogP contribution in [0, 0.1) is 26.7 Å². The van der Waals surface area contributed by atoms with Gasteiger partial charge in [-0.2, -0.15) is 9.29 Å². The highest BCUT2D eigenvalue weighted by Gasteiger charge is 2.34. The van der Waals surface area contributed by atoms with E-state index in [4.69, 9.17) is 4.52 Å². The number of hydrogen-bond donors (Lipinski definition) is 1. The van der Waals surface area contributed by atoms with Gasteiger partial charge < -0.3 is 9.84 Å². The van der Waals surface area contributed by atoms with Crippen LogP contribution in [-0.4, -0.2) is 41.9 Å². The number of hydrogen-bond acceptors (Lipinski definition) is 7. The van der Waals surface area contributed by atoms with Crippen LogP contribution in [0.25, 0.3) is 11.4 Å². The maximum absolute atomic E-state index is 13.2. The van der Waals surface area contributed by atoms with Crippen LogP contribution in [0.15, 0.2) is 38.4 Å². The largest absolute Gasteiger partial charge is 0.339 e. The summed E-state index contributed by atoms with van der Waals surface area (Å²) in [6.45, 7) is 6.24. The first kappa shape index (κ1) is 21.7. The third kappa shape index (κ3) is 4.56. The van der Waals surface area contributed by atoms with E-state index in [9.17, 15) is 13.2 Å². The van der Waals surface area contributed by atoms with Gasteiger partial charge >= 0.3 is 0 Å². The molecule has 0 unspecified atom stereocenters. The molecule has 0 spiro atoms. The molecule has 1 fully saturated rings. The first-order valence-corrected chi connectivity index (χ1v) is 12.3. The molecule has 1 N–H and O–H groups in total. The maximum atomic E-state index is 13.2. The van der Waals surface area contributed by atoms with E-state index in [0.717, 1.165) is 28.2 Å². The van der Waals surface area contributed by atoms with E-state index < -0.39 is 15.9 Å². The molecule has 1 aromatic carbocycles. The first-order valence-electron chi connectivity index (χ1n) is 10.0. The Bertz CT molecular complexity index is 1220. The minimum absolute atomic E-state index is 0.155. The fourth-order valence-electron chi connectivity index (χ4n) is 3.55. The predicted molar refractivity (Wildman–Crippen MR) is 118 cm³/mol. The number of benzene rings is 1. The lowest BCUT2D eigenvalue weighted by atomic mass is 9.98. The van der Waals surface area contributed by atoms with Crippen LogP contribution < -0.4 is 5.32 Å². The Labute approximate surface area is 185 Å². The molecule has 3 aromatic rings. The molecule has 4 rings (SSSR count). The molecule has 3 heterocycles. The Morgan fingerprint density at radius 2 is 2.03 bits per heavy atom. The van der Waals surface area contributed by atoms with Crippen molar-refractivity contribution in [3.8, 4) is 11.4 Å². The van der Waals surface area contributed by atoms with Crippen LogP contribution in [0.4, 0.5) is 5.69 Å². The molecule has 0 aliphatic carbocycles. The number of aromatic nitrogens is 2. The van der Waals surface area contributed by atoms with Crippen LogP contribution in [0.3, 0.4) is 0 Å². The molecule has 164 valence electrons. The van der Waals surface area contributed by atoms with E-state index in [1.54, 1.807) is 18.4 Å². The summed E-state index contributed by atoms with van der Waals surface area (Å²) >= 11 is 1.12. The summed E-state index contributed by atoms with van der Waals surface area (Å²) in [5, 5.41) is 8.47. The Hall–Kier alpha value is -2.56. The quantitative estimate of drug-likeness (QED) is 0.621. The van der Waals surface area contributed by atoms with Crippen molar-refractivity contribution >= 4 is 33.0 Å². The molecular weight excluding hydrogens is 436 g/mol. The zero-order valence-corrected chi connectivity index (χ0v) is 19.2. The van der Waals surface area contributed by atoms with E-state index in [-0.39, 0.29) is 16.7 Å². The minimum atomic E-state index is -3.71. The van der Waals surface area contributed by atoms with Crippen molar-refractivity contribution in [2.24, 2.45) is 5.92 Å². The second-order valence-corrected chi connectivity index (χ2v) is 10.9. The topological polar surface area (TPSA) is 105 Å². The fourth-order valence-corrected chi connectivity index (χ4v) is 6.39. The van der Waals surface area contributed by atoms with Crippen molar-refractivity contribution in [2.45, 2.75) is 37.8 Å². The molecule has 2 aromatic heterocycles. The lowest BCUT2D eigenvalue weighted by molar-refractivity contribution is -0.120. The van der Waals surface area contributed by atoms with Gasteiger partial charge in [-0.15, -0.1) is 11.3 Å². The number of amides is 1. The molecule has 10 heteroatoms. The number of carbonyl (C=O) groups excluding carboxylic acids is 1. The Morgan fingerprint density at radius 1 is 1.23 bits per heavy atom. The second kappa shape index (κ2) is 8.52. The van der Waals surface area contributed by atoms with Gasteiger partial charge in [-0.05, 0) is 56.0 Å². The normalized spacial score (nSPS) is 17.6. The third-order valence-corrected chi connectivity index (χ3v) is 8.76. The molecule has 1 atom stereocenters. The van der Waals surface area contributed by atoms with Crippen molar-refractivity contribution < 1.29 is 17.7 Å². The van der Waals surface area contributed by atoms with Gasteiger partial charge in [0.2, 0.25) is 17.6 Å². The molecule has 0 radical (unpaired) electrons. The SMILES string of the molecule is Cc1nc(-c2csc(S(=O)(=O)N3CCC[C@H](C(=O)Nc4ccc(C)c(C)c4)C3)c2)no1. The van der Waals surface area contributed by atoms with E-state index in [1.807, 2.05) is 32.0 Å². The average molecular weight is 461 g/mol. The number of aryl methyl sites for hydroxylation is 3.